The summed E-state index contributed by atoms with van der Waals surface area (Å²) in [6.45, 7) is 15.0. The zero-order valence-electron chi connectivity index (χ0n) is 50.4. The highest BCUT2D eigenvalue weighted by Crippen LogP contribution is 2.45. The van der Waals surface area contributed by atoms with Gasteiger partial charge in [-0.25, -0.2) is 4.79 Å². The molecule has 1 amide bonds. The summed E-state index contributed by atoms with van der Waals surface area (Å²) >= 11 is 0. The lowest BCUT2D eigenvalue weighted by atomic mass is 9.78. The Bertz CT molecular complexity index is 2280. The van der Waals surface area contributed by atoms with Crippen molar-refractivity contribution in [2.75, 3.05) is 41.1 Å². The predicted molar refractivity (Wildman–Crippen MR) is 268 cm³/mol. The quantitative estimate of drug-likeness (QED) is 0.103. The van der Waals surface area contributed by atoms with E-state index in [1.807, 2.05) is 6.92 Å². The number of fused-ring (bicyclic) bond motifs is 3. The number of carbonyl (C=O) groups excluding carboxylic acids is 5. The molecular formula is C54H86NO14P. The van der Waals surface area contributed by atoms with Crippen LogP contribution < -0.4 is 0 Å². The second kappa shape index (κ2) is 26.7. The number of carbonyl (C=O) groups is 5. The van der Waals surface area contributed by atoms with E-state index < -0.39 is 153 Å². The molecule has 16 atom stereocenters. The Kier molecular flexibility index (Phi) is 18.7. The van der Waals surface area contributed by atoms with E-state index in [9.17, 15) is 41.5 Å². The number of esters is 1. The third kappa shape index (κ3) is 15.7. The fourth-order valence-electron chi connectivity index (χ4n) is 9.97. The monoisotopic (exact) mass is 1010 g/mol. The first-order valence-corrected chi connectivity index (χ1v) is 27.3. The first-order chi connectivity index (χ1) is 35.4. The normalized spacial score (nSPS) is 44.2. The number of amides is 1. The number of hydrogen-bond acceptors (Lipinski definition) is 14. The maximum atomic E-state index is 14.6. The molecule has 2 saturated heterocycles. The molecule has 0 radical (unpaired) electrons. The zero-order chi connectivity index (χ0) is 58.4. The SMILES string of the molecule is [2H]C([2H])([2H])O[C@H]1C[C@@H]2CC([2H])([2H])[C@@H](C)[C@@](O)(O2)C(=O)C(=O)N2CCCC[C@H]2C(=O)O[C@H]([C@H](C)C[C@@H]2CC[C@@H](OP(C)(C)=O)[C@H](OC)C2)CC(=O)[C@H](C)/C=C(\C)[C@@H](O)[C@@H](OC)C(=O)[C@H](C)C([2H])(C)[C@]([2H])(C)/C=C/C=C/C=C/1C. The minimum Gasteiger partial charge on any atom is -0.460 e. The molecule has 2 N–H and O–H groups in total. The van der Waals surface area contributed by atoms with Crippen molar-refractivity contribution in [3.05, 3.63) is 47.6 Å². The fraction of sp³-hybridized carbons (Fsp3) is 0.759. The Balaban J connectivity index is 1.82. The lowest BCUT2D eigenvalue weighted by molar-refractivity contribution is -0.265. The van der Waals surface area contributed by atoms with Gasteiger partial charge in [-0.15, -0.1) is 0 Å². The van der Waals surface area contributed by atoms with Gasteiger partial charge >= 0.3 is 5.97 Å². The highest BCUT2D eigenvalue weighted by Gasteiger charge is 2.53. The number of ketones is 3. The van der Waals surface area contributed by atoms with E-state index in [1.54, 1.807) is 21.0 Å². The first-order valence-electron chi connectivity index (χ1n) is 28.3. The topological polar surface area (TPSA) is 201 Å². The van der Waals surface area contributed by atoms with Crippen LogP contribution >= 0.6 is 7.37 Å². The van der Waals surface area contributed by atoms with Gasteiger partial charge in [-0.05, 0) is 106 Å². The van der Waals surface area contributed by atoms with Crippen molar-refractivity contribution in [1.82, 2.24) is 4.90 Å². The third-order valence-electron chi connectivity index (χ3n) is 14.7. The van der Waals surface area contributed by atoms with Crippen LogP contribution in [0.3, 0.4) is 0 Å². The van der Waals surface area contributed by atoms with Gasteiger partial charge in [-0.1, -0.05) is 78.0 Å². The van der Waals surface area contributed by atoms with Gasteiger partial charge in [0.2, 0.25) is 5.79 Å². The van der Waals surface area contributed by atoms with Gasteiger partial charge < -0.3 is 43.3 Å². The number of hydrogen-bond donors (Lipinski definition) is 2. The van der Waals surface area contributed by atoms with Crippen LogP contribution in [0.1, 0.15) is 136 Å². The van der Waals surface area contributed by atoms with E-state index in [4.69, 9.17) is 35.1 Å². The Morgan fingerprint density at radius 2 is 1.66 bits per heavy atom. The molecule has 1 unspecified atom stereocenters. The van der Waals surface area contributed by atoms with Crippen molar-refractivity contribution in [3.63, 3.8) is 0 Å². The van der Waals surface area contributed by atoms with Crippen LogP contribution in [0.5, 0.6) is 0 Å². The van der Waals surface area contributed by atoms with Crippen molar-refractivity contribution in [2.24, 2.45) is 41.4 Å². The number of ether oxygens (including phenoxy) is 5. The number of Topliss-reactive ketones (excluding diaryl/α,β-unsaturated/α-hetero) is 3. The molecule has 4 aliphatic rings. The average molecular weight is 1010 g/mol. The van der Waals surface area contributed by atoms with Crippen LogP contribution in [0.25, 0.3) is 0 Å². The lowest BCUT2D eigenvalue weighted by Crippen LogP contribution is -2.61. The number of aliphatic hydroxyl groups excluding tert-OH is 1. The summed E-state index contributed by atoms with van der Waals surface area (Å²) in [6, 6.07) is -1.37. The van der Waals surface area contributed by atoms with Crippen molar-refractivity contribution in [2.45, 2.75) is 181 Å². The van der Waals surface area contributed by atoms with Gasteiger partial charge in [-0.3, -0.25) is 23.7 Å². The van der Waals surface area contributed by atoms with Crippen LogP contribution in [-0.2, 0) is 56.7 Å². The molecule has 1 saturated carbocycles. The summed E-state index contributed by atoms with van der Waals surface area (Å²) in [6.07, 6.45) is 0.673. The lowest BCUT2D eigenvalue weighted by Gasteiger charge is -2.42. The molecule has 1 aliphatic carbocycles. The van der Waals surface area contributed by atoms with Gasteiger partial charge in [0.25, 0.3) is 11.7 Å². The molecule has 15 nitrogen and oxygen atoms in total. The summed E-state index contributed by atoms with van der Waals surface area (Å²) in [5, 5.41) is 23.8. The van der Waals surface area contributed by atoms with E-state index >= 15 is 0 Å². The van der Waals surface area contributed by atoms with E-state index in [0.29, 0.717) is 44.1 Å². The largest absolute Gasteiger partial charge is 0.460 e. The van der Waals surface area contributed by atoms with Crippen LogP contribution in [0, 0.1) is 41.4 Å². The summed E-state index contributed by atoms with van der Waals surface area (Å²) in [5.41, 5.74) is 0.506. The molecule has 0 aromatic heterocycles. The van der Waals surface area contributed by atoms with E-state index in [0.717, 1.165) is 4.90 Å². The average Bonchev–Trinajstić information content (AvgIpc) is 3.33. The fourth-order valence-corrected chi connectivity index (χ4v) is 10.9. The van der Waals surface area contributed by atoms with Crippen LogP contribution in [0.4, 0.5) is 0 Å². The number of rotatable bonds is 8. The van der Waals surface area contributed by atoms with Gasteiger partial charge in [0.15, 0.2) is 13.2 Å². The Morgan fingerprint density at radius 1 is 0.943 bits per heavy atom. The second-order valence-corrected chi connectivity index (χ2v) is 23.1. The minimum absolute atomic E-state index is 0.0119. The van der Waals surface area contributed by atoms with Crippen LogP contribution in [0.15, 0.2) is 47.6 Å². The van der Waals surface area contributed by atoms with Crippen molar-refractivity contribution < 1.29 is 76.6 Å². The van der Waals surface area contributed by atoms with Crippen molar-refractivity contribution in [3.8, 4) is 0 Å². The smallest absolute Gasteiger partial charge is 0.329 e. The molecule has 4 rings (SSSR count). The van der Waals surface area contributed by atoms with Crippen LogP contribution in [0.2, 0.25) is 0 Å². The maximum Gasteiger partial charge on any atom is 0.329 e. The standard InChI is InChI=1S/C54H86NO14P/c1-32-19-15-14-16-20-33(2)45(64-9)30-41-24-22-37(6)54(62,68-41)51(59)52(60)55-26-18-17-21-42(55)53(61)67-46(35(4)28-40-23-25-44(47(29-40)65-10)69-70(12,13)63)31-43(56)34(3)27-36(5)48(57)50(66-11)49(58)39(8)38(32)7/h14-16,19-20,27,32,34-35,37-42,44-48,50,57,62H,17-18,21-26,28-31H2,1-13H3/b16-14+,19-15+,33-20+,36-27+/t32-,34-,35-,37-,38?,39-,40+,41+,42+,44-,45+,46+,47-,48-,50-,54-/m1/s1/i9D3,22D2,32D,38D. The highest BCUT2D eigenvalue weighted by molar-refractivity contribution is 7.57. The maximum absolute atomic E-state index is 14.6. The summed E-state index contributed by atoms with van der Waals surface area (Å²) in [7, 11) is -3.05. The van der Waals surface area contributed by atoms with Gasteiger partial charge in [0.1, 0.15) is 30.1 Å². The number of piperidine rings is 1. The molecule has 16 heteroatoms. The Morgan fingerprint density at radius 3 is 2.31 bits per heavy atom. The molecule has 3 fully saturated rings. The van der Waals surface area contributed by atoms with E-state index in [1.165, 1.54) is 91.5 Å². The number of nitrogens with zero attached hydrogens (tertiary/aromatic N) is 1. The van der Waals surface area contributed by atoms with Gasteiger partial charge in [0, 0.05) is 77.2 Å². The summed E-state index contributed by atoms with van der Waals surface area (Å²) in [5.74, 6) is -15.7. The molecule has 70 heavy (non-hydrogen) atoms. The number of methoxy groups -OCH3 is 3. The van der Waals surface area contributed by atoms with Gasteiger partial charge in [0.05, 0.1) is 28.5 Å². The first kappa shape index (κ1) is 49.1. The molecule has 0 aromatic carbocycles. The zero-order valence-corrected chi connectivity index (χ0v) is 44.3. The minimum atomic E-state index is -3.08. The molecule has 2 bridgehead atoms. The second-order valence-electron chi connectivity index (χ2n) is 20.4. The van der Waals surface area contributed by atoms with Crippen molar-refractivity contribution in [1.29, 1.82) is 0 Å². The summed E-state index contributed by atoms with van der Waals surface area (Å²) in [4.78, 5) is 73.1. The molecule has 3 heterocycles. The predicted octanol–water partition coefficient (Wildman–Crippen LogP) is 7.99. The van der Waals surface area contributed by atoms with Crippen LogP contribution in [-0.4, -0.2) is 140 Å². The van der Waals surface area contributed by atoms with Gasteiger partial charge in [-0.2, -0.15) is 0 Å². The highest BCUT2D eigenvalue weighted by atomic mass is 31.2. The Hall–Kier alpha value is -3.14. The van der Waals surface area contributed by atoms with E-state index in [2.05, 4.69) is 0 Å². The number of allylic oxidation sites excluding steroid dienone is 6. The number of cyclic esters (lactones) is 1. The molecule has 3 aliphatic heterocycles. The van der Waals surface area contributed by atoms with Crippen molar-refractivity contribution >= 4 is 36.6 Å². The molecule has 0 aromatic rings. The van der Waals surface area contributed by atoms with E-state index in [-0.39, 0.29) is 30.9 Å². The third-order valence-corrected chi connectivity index (χ3v) is 15.5. The molecule has 396 valence electrons. The molecule has 0 spiro atoms. The summed E-state index contributed by atoms with van der Waals surface area (Å²) < 4.78 is 108. The number of aliphatic hydroxyl groups is 2. The Labute approximate surface area is 427 Å². The molecular weight excluding hydrogens is 918 g/mol.